The molecule has 0 radical (unpaired) electrons. The van der Waals surface area contributed by atoms with E-state index in [0.717, 1.165) is 29.6 Å². The number of aryl methyl sites for hydroxylation is 1. The van der Waals surface area contributed by atoms with Gasteiger partial charge in [-0.25, -0.2) is 0 Å². The Hall–Kier alpha value is -1.35. The van der Waals surface area contributed by atoms with Crippen molar-refractivity contribution in [2.45, 2.75) is 19.9 Å². The molecule has 0 spiro atoms. The second kappa shape index (κ2) is 4.03. The van der Waals surface area contributed by atoms with Crippen LogP contribution in [0.3, 0.4) is 0 Å². The van der Waals surface area contributed by atoms with Gasteiger partial charge in [0, 0.05) is 10.6 Å². The van der Waals surface area contributed by atoms with Crippen LogP contribution in [0.25, 0.3) is 17.1 Å². The maximum absolute atomic E-state index is 5.96. The lowest BCUT2D eigenvalue weighted by atomic mass is 10.2. The zero-order chi connectivity index (χ0) is 10.8. The van der Waals surface area contributed by atoms with Crippen molar-refractivity contribution in [3.63, 3.8) is 0 Å². The van der Waals surface area contributed by atoms with E-state index in [1.54, 1.807) is 10.9 Å². The fourth-order valence-electron chi connectivity index (χ4n) is 1.51. The van der Waals surface area contributed by atoms with Crippen LogP contribution in [0.15, 0.2) is 18.7 Å². The predicted molar refractivity (Wildman–Crippen MR) is 62.9 cm³/mol. The summed E-state index contributed by atoms with van der Waals surface area (Å²) in [6, 6.07) is 3.67. The molecule has 0 saturated heterocycles. The maximum atomic E-state index is 5.96. The van der Waals surface area contributed by atoms with Crippen LogP contribution in [-0.2, 0) is 6.54 Å². The highest BCUT2D eigenvalue weighted by Crippen LogP contribution is 2.21. The number of hydrogen-bond donors (Lipinski definition) is 0. The van der Waals surface area contributed by atoms with Gasteiger partial charge in [-0.15, -0.1) is 0 Å². The summed E-state index contributed by atoms with van der Waals surface area (Å²) in [6.45, 7) is 6.66. The minimum absolute atomic E-state index is 0.668. The molecule has 3 nitrogen and oxygen atoms in total. The van der Waals surface area contributed by atoms with E-state index in [1.807, 2.05) is 12.1 Å². The fourth-order valence-corrected chi connectivity index (χ4v) is 1.73. The number of halogens is 1. The molecule has 0 saturated carbocycles. The highest BCUT2D eigenvalue weighted by atomic mass is 35.5. The Bertz CT molecular complexity index is 502. The Kier molecular flexibility index (Phi) is 2.73. The third-order valence-electron chi connectivity index (χ3n) is 2.17. The smallest absolute Gasteiger partial charge is 0.120 e. The largest absolute Gasteiger partial charge is 0.184 e. The SMILES string of the molecule is C=Cc1cc(Cl)cc2nn(CCC)nc12. The highest BCUT2D eigenvalue weighted by molar-refractivity contribution is 6.31. The van der Waals surface area contributed by atoms with Crippen LogP contribution in [0.2, 0.25) is 5.02 Å². The molecule has 0 bridgehead atoms. The van der Waals surface area contributed by atoms with Crippen molar-refractivity contribution < 1.29 is 0 Å². The van der Waals surface area contributed by atoms with Gasteiger partial charge in [0.2, 0.25) is 0 Å². The molecule has 78 valence electrons. The molecular formula is C11H12ClN3. The van der Waals surface area contributed by atoms with Gasteiger partial charge in [0.15, 0.2) is 0 Å². The van der Waals surface area contributed by atoms with E-state index in [2.05, 4.69) is 23.7 Å². The number of hydrogen-bond acceptors (Lipinski definition) is 2. The molecule has 0 N–H and O–H groups in total. The van der Waals surface area contributed by atoms with Crippen LogP contribution in [0.5, 0.6) is 0 Å². The summed E-state index contributed by atoms with van der Waals surface area (Å²) < 4.78 is 0. The van der Waals surface area contributed by atoms with Gasteiger partial charge < -0.3 is 0 Å². The molecule has 0 aliphatic heterocycles. The fraction of sp³-hybridized carbons (Fsp3) is 0.273. The molecule has 1 aromatic heterocycles. The maximum Gasteiger partial charge on any atom is 0.120 e. The van der Waals surface area contributed by atoms with Crippen LogP contribution in [0.1, 0.15) is 18.9 Å². The predicted octanol–water partition coefficient (Wildman–Crippen LogP) is 3.14. The zero-order valence-electron chi connectivity index (χ0n) is 8.57. The molecule has 0 unspecified atom stereocenters. The summed E-state index contributed by atoms with van der Waals surface area (Å²) in [6.07, 6.45) is 2.76. The number of benzene rings is 1. The molecule has 0 aliphatic rings. The van der Waals surface area contributed by atoms with Crippen molar-refractivity contribution in [3.8, 4) is 0 Å². The number of rotatable bonds is 3. The van der Waals surface area contributed by atoms with Crippen molar-refractivity contribution >= 4 is 28.7 Å². The Morgan fingerprint density at radius 2 is 2.27 bits per heavy atom. The topological polar surface area (TPSA) is 30.7 Å². The molecule has 0 atom stereocenters. The van der Waals surface area contributed by atoms with E-state index >= 15 is 0 Å². The summed E-state index contributed by atoms with van der Waals surface area (Å²) in [5.41, 5.74) is 2.62. The third-order valence-corrected chi connectivity index (χ3v) is 2.38. The lowest BCUT2D eigenvalue weighted by Gasteiger charge is -1.94. The van der Waals surface area contributed by atoms with Gasteiger partial charge in [0.25, 0.3) is 0 Å². The molecule has 2 rings (SSSR count). The van der Waals surface area contributed by atoms with E-state index in [0.29, 0.717) is 5.02 Å². The van der Waals surface area contributed by atoms with Crippen LogP contribution in [-0.4, -0.2) is 15.0 Å². The Morgan fingerprint density at radius 3 is 2.93 bits per heavy atom. The van der Waals surface area contributed by atoms with Crippen molar-refractivity contribution in [1.82, 2.24) is 15.0 Å². The molecule has 0 fully saturated rings. The summed E-state index contributed by atoms with van der Waals surface area (Å²) in [5, 5.41) is 9.40. The van der Waals surface area contributed by atoms with Crippen LogP contribution < -0.4 is 0 Å². The lowest BCUT2D eigenvalue weighted by Crippen LogP contribution is -2.00. The van der Waals surface area contributed by atoms with E-state index < -0.39 is 0 Å². The second-order valence-corrected chi connectivity index (χ2v) is 3.80. The number of fused-ring (bicyclic) bond motifs is 1. The molecule has 1 aromatic carbocycles. The Morgan fingerprint density at radius 1 is 1.47 bits per heavy atom. The molecular weight excluding hydrogens is 210 g/mol. The van der Waals surface area contributed by atoms with Gasteiger partial charge in [0.05, 0.1) is 6.54 Å². The zero-order valence-corrected chi connectivity index (χ0v) is 9.33. The summed E-state index contributed by atoms with van der Waals surface area (Å²) >= 11 is 5.96. The van der Waals surface area contributed by atoms with Crippen molar-refractivity contribution in [2.75, 3.05) is 0 Å². The second-order valence-electron chi connectivity index (χ2n) is 3.36. The highest BCUT2D eigenvalue weighted by Gasteiger charge is 2.06. The van der Waals surface area contributed by atoms with E-state index in [9.17, 15) is 0 Å². The standard InChI is InChI=1S/C11H12ClN3/c1-3-5-15-13-10-7-9(12)6-8(4-2)11(10)14-15/h4,6-7H,2-3,5H2,1H3. The molecule has 4 heteroatoms. The van der Waals surface area contributed by atoms with Gasteiger partial charge in [-0.2, -0.15) is 15.0 Å². The molecule has 0 aliphatic carbocycles. The minimum atomic E-state index is 0.668. The average Bonchev–Trinajstić information content (AvgIpc) is 2.59. The normalized spacial score (nSPS) is 10.8. The van der Waals surface area contributed by atoms with Crippen molar-refractivity contribution in [2.24, 2.45) is 0 Å². The van der Waals surface area contributed by atoms with Crippen molar-refractivity contribution in [3.05, 3.63) is 29.3 Å². The summed E-state index contributed by atoms with van der Waals surface area (Å²) in [4.78, 5) is 1.70. The van der Waals surface area contributed by atoms with Crippen LogP contribution >= 0.6 is 11.6 Å². The molecule has 15 heavy (non-hydrogen) atoms. The Balaban J connectivity index is 2.63. The number of nitrogens with zero attached hydrogens (tertiary/aromatic N) is 3. The van der Waals surface area contributed by atoms with Crippen LogP contribution in [0.4, 0.5) is 0 Å². The minimum Gasteiger partial charge on any atom is -0.184 e. The quantitative estimate of drug-likeness (QED) is 0.797. The van der Waals surface area contributed by atoms with Gasteiger partial charge in [-0.05, 0) is 18.6 Å². The number of aromatic nitrogens is 3. The van der Waals surface area contributed by atoms with E-state index in [-0.39, 0.29) is 0 Å². The average molecular weight is 222 g/mol. The first kappa shape index (κ1) is 10.2. The van der Waals surface area contributed by atoms with Gasteiger partial charge in [0.1, 0.15) is 11.0 Å². The van der Waals surface area contributed by atoms with Gasteiger partial charge in [-0.1, -0.05) is 31.2 Å². The van der Waals surface area contributed by atoms with Crippen LogP contribution in [0, 0.1) is 0 Å². The van der Waals surface area contributed by atoms with Crippen molar-refractivity contribution in [1.29, 1.82) is 0 Å². The summed E-state index contributed by atoms with van der Waals surface area (Å²) in [5.74, 6) is 0. The first-order chi connectivity index (χ1) is 7.24. The monoisotopic (exact) mass is 221 g/mol. The molecule has 1 heterocycles. The first-order valence-electron chi connectivity index (χ1n) is 4.91. The third kappa shape index (κ3) is 1.88. The van der Waals surface area contributed by atoms with Gasteiger partial charge >= 0.3 is 0 Å². The molecule has 2 aromatic rings. The summed E-state index contributed by atoms with van der Waals surface area (Å²) in [7, 11) is 0. The first-order valence-corrected chi connectivity index (χ1v) is 5.29. The Labute approximate surface area is 93.3 Å². The van der Waals surface area contributed by atoms with E-state index in [4.69, 9.17) is 11.6 Å². The van der Waals surface area contributed by atoms with Gasteiger partial charge in [-0.3, -0.25) is 0 Å². The molecule has 0 amide bonds. The lowest BCUT2D eigenvalue weighted by molar-refractivity contribution is 0.535. The van der Waals surface area contributed by atoms with E-state index in [1.165, 1.54) is 0 Å².